The molecular weight excluding hydrogens is 306 g/mol. The van der Waals surface area contributed by atoms with Crippen LogP contribution >= 0.6 is 11.6 Å². The molecule has 6 nitrogen and oxygen atoms in total. The topological polar surface area (TPSA) is 74.9 Å². The summed E-state index contributed by atoms with van der Waals surface area (Å²) in [7, 11) is 0. The Labute approximate surface area is 132 Å². The van der Waals surface area contributed by atoms with E-state index in [9.17, 15) is 9.59 Å². The molecule has 0 bridgehead atoms. The SMILES string of the molecule is O=C(O)C1CCCN(Cc2cc(=O)n3cc(Cl)ccc3n2)C1. The number of carboxylic acid groups (broad SMARTS) is 1. The number of rotatable bonds is 3. The van der Waals surface area contributed by atoms with Gasteiger partial charge in [-0.15, -0.1) is 0 Å². The first-order valence-electron chi connectivity index (χ1n) is 7.16. The quantitative estimate of drug-likeness (QED) is 0.930. The van der Waals surface area contributed by atoms with Crippen LogP contribution < -0.4 is 5.56 Å². The van der Waals surface area contributed by atoms with E-state index >= 15 is 0 Å². The molecular formula is C15H16ClN3O3. The molecule has 22 heavy (non-hydrogen) atoms. The van der Waals surface area contributed by atoms with Gasteiger partial charge in [0, 0.05) is 25.4 Å². The van der Waals surface area contributed by atoms with Crippen molar-refractivity contribution in [3.8, 4) is 0 Å². The Morgan fingerprint density at radius 1 is 1.45 bits per heavy atom. The maximum absolute atomic E-state index is 12.1. The van der Waals surface area contributed by atoms with Gasteiger partial charge in [0.25, 0.3) is 5.56 Å². The lowest BCUT2D eigenvalue weighted by Crippen LogP contribution is -2.38. The van der Waals surface area contributed by atoms with Gasteiger partial charge in [-0.1, -0.05) is 11.6 Å². The molecule has 1 unspecified atom stereocenters. The number of carboxylic acids is 1. The Morgan fingerprint density at radius 2 is 2.27 bits per heavy atom. The first-order valence-corrected chi connectivity index (χ1v) is 7.54. The molecule has 0 radical (unpaired) electrons. The van der Waals surface area contributed by atoms with Crippen LogP contribution in [0.25, 0.3) is 5.65 Å². The van der Waals surface area contributed by atoms with E-state index < -0.39 is 5.97 Å². The van der Waals surface area contributed by atoms with E-state index in [1.807, 2.05) is 4.90 Å². The smallest absolute Gasteiger partial charge is 0.307 e. The average molecular weight is 322 g/mol. The highest BCUT2D eigenvalue weighted by Gasteiger charge is 2.25. The molecule has 7 heteroatoms. The van der Waals surface area contributed by atoms with Gasteiger partial charge < -0.3 is 5.11 Å². The van der Waals surface area contributed by atoms with Crippen molar-refractivity contribution in [2.45, 2.75) is 19.4 Å². The number of piperidine rings is 1. The second kappa shape index (κ2) is 6.06. The Morgan fingerprint density at radius 3 is 3.05 bits per heavy atom. The molecule has 1 N–H and O–H groups in total. The first kappa shape index (κ1) is 15.0. The molecule has 2 aromatic rings. The normalized spacial score (nSPS) is 19.4. The fourth-order valence-electron chi connectivity index (χ4n) is 2.84. The Balaban J connectivity index is 1.83. The molecule has 1 aliphatic rings. The lowest BCUT2D eigenvalue weighted by Gasteiger charge is -2.30. The molecule has 2 aromatic heterocycles. The zero-order chi connectivity index (χ0) is 15.7. The van der Waals surface area contributed by atoms with Crippen LogP contribution in [0, 0.1) is 5.92 Å². The number of halogens is 1. The molecule has 1 saturated heterocycles. The van der Waals surface area contributed by atoms with Crippen molar-refractivity contribution in [1.82, 2.24) is 14.3 Å². The highest BCUT2D eigenvalue weighted by atomic mass is 35.5. The summed E-state index contributed by atoms with van der Waals surface area (Å²) in [5.41, 5.74) is 1.01. The van der Waals surface area contributed by atoms with Gasteiger partial charge in [-0.25, -0.2) is 4.98 Å². The summed E-state index contributed by atoms with van der Waals surface area (Å²) >= 11 is 5.88. The molecule has 0 amide bonds. The first-order chi connectivity index (χ1) is 10.5. The molecule has 0 spiro atoms. The van der Waals surface area contributed by atoms with E-state index in [0.29, 0.717) is 35.9 Å². The van der Waals surface area contributed by atoms with Gasteiger partial charge in [0.2, 0.25) is 0 Å². The molecule has 1 atom stereocenters. The molecule has 116 valence electrons. The number of nitrogens with zero attached hydrogens (tertiary/aromatic N) is 3. The zero-order valence-corrected chi connectivity index (χ0v) is 12.7. The third kappa shape index (κ3) is 3.13. The van der Waals surface area contributed by atoms with E-state index in [-0.39, 0.29) is 11.5 Å². The summed E-state index contributed by atoms with van der Waals surface area (Å²) in [4.78, 5) is 29.7. The van der Waals surface area contributed by atoms with Crippen molar-refractivity contribution in [3.05, 3.63) is 45.5 Å². The molecule has 3 heterocycles. The van der Waals surface area contributed by atoms with Crippen LogP contribution in [0.1, 0.15) is 18.5 Å². The number of aromatic nitrogens is 2. The second-order valence-corrected chi connectivity index (χ2v) is 6.01. The van der Waals surface area contributed by atoms with Gasteiger partial charge >= 0.3 is 5.97 Å². The highest BCUT2D eigenvalue weighted by Crippen LogP contribution is 2.18. The fraction of sp³-hybridized carbons (Fsp3) is 0.400. The minimum absolute atomic E-state index is 0.186. The van der Waals surface area contributed by atoms with E-state index in [1.54, 1.807) is 12.1 Å². The van der Waals surface area contributed by atoms with E-state index in [2.05, 4.69) is 4.98 Å². The van der Waals surface area contributed by atoms with Crippen LogP contribution in [0.4, 0.5) is 0 Å². The van der Waals surface area contributed by atoms with Crippen LogP contribution in [0.5, 0.6) is 0 Å². The lowest BCUT2D eigenvalue weighted by molar-refractivity contribution is -0.143. The van der Waals surface area contributed by atoms with Crippen LogP contribution in [0.3, 0.4) is 0 Å². The maximum Gasteiger partial charge on any atom is 0.307 e. The van der Waals surface area contributed by atoms with Crippen molar-refractivity contribution in [3.63, 3.8) is 0 Å². The van der Waals surface area contributed by atoms with Crippen LogP contribution in [-0.2, 0) is 11.3 Å². The Bertz CT molecular complexity index is 774. The predicted molar refractivity (Wildman–Crippen MR) is 82.1 cm³/mol. The molecule has 3 rings (SSSR count). The van der Waals surface area contributed by atoms with Crippen LogP contribution in [-0.4, -0.2) is 38.4 Å². The van der Waals surface area contributed by atoms with Crippen LogP contribution in [0.15, 0.2) is 29.2 Å². The summed E-state index contributed by atoms with van der Waals surface area (Å²) in [6, 6.07) is 4.87. The Hall–Kier alpha value is -1.92. The van der Waals surface area contributed by atoms with Crippen molar-refractivity contribution in [1.29, 1.82) is 0 Å². The number of pyridine rings is 1. The average Bonchev–Trinajstić information content (AvgIpc) is 2.48. The Kier molecular flexibility index (Phi) is 4.13. The van der Waals surface area contributed by atoms with Crippen molar-refractivity contribution < 1.29 is 9.90 Å². The molecule has 1 aliphatic heterocycles. The van der Waals surface area contributed by atoms with Gasteiger partial charge in [0.15, 0.2) is 0 Å². The minimum atomic E-state index is -0.758. The lowest BCUT2D eigenvalue weighted by atomic mass is 9.98. The number of likely N-dealkylation sites (tertiary alicyclic amines) is 1. The summed E-state index contributed by atoms with van der Waals surface area (Å²) in [5.74, 6) is -1.10. The summed E-state index contributed by atoms with van der Waals surface area (Å²) < 4.78 is 1.40. The monoisotopic (exact) mass is 321 g/mol. The third-order valence-electron chi connectivity index (χ3n) is 3.92. The van der Waals surface area contributed by atoms with Gasteiger partial charge in [0.1, 0.15) is 5.65 Å². The number of hydrogen-bond donors (Lipinski definition) is 1. The standard InChI is InChI=1S/C15H16ClN3O3/c16-11-3-4-13-17-12(6-14(20)19(13)8-11)9-18-5-1-2-10(7-18)15(21)22/h3-4,6,8,10H,1-2,5,7,9H2,(H,21,22). The van der Waals surface area contributed by atoms with Crippen molar-refractivity contribution >= 4 is 23.2 Å². The molecule has 0 aromatic carbocycles. The number of fused-ring (bicyclic) bond motifs is 1. The number of carbonyl (C=O) groups is 1. The minimum Gasteiger partial charge on any atom is -0.481 e. The second-order valence-electron chi connectivity index (χ2n) is 5.57. The fourth-order valence-corrected chi connectivity index (χ4v) is 3.00. The summed E-state index contributed by atoms with van der Waals surface area (Å²) in [6.07, 6.45) is 3.09. The number of aliphatic carboxylic acids is 1. The summed E-state index contributed by atoms with van der Waals surface area (Å²) in [5, 5.41) is 9.60. The van der Waals surface area contributed by atoms with Gasteiger partial charge in [0.05, 0.1) is 16.6 Å². The van der Waals surface area contributed by atoms with E-state index in [4.69, 9.17) is 16.7 Å². The maximum atomic E-state index is 12.1. The predicted octanol–water partition coefficient (Wildman–Crippen LogP) is 1.64. The van der Waals surface area contributed by atoms with Crippen LogP contribution in [0.2, 0.25) is 5.02 Å². The molecule has 1 fully saturated rings. The van der Waals surface area contributed by atoms with Crippen molar-refractivity contribution in [2.24, 2.45) is 5.92 Å². The number of hydrogen-bond acceptors (Lipinski definition) is 4. The van der Waals surface area contributed by atoms with Gasteiger partial charge in [-0.05, 0) is 31.5 Å². The van der Waals surface area contributed by atoms with Gasteiger partial charge in [-0.3, -0.25) is 18.9 Å². The zero-order valence-electron chi connectivity index (χ0n) is 11.9. The molecule has 0 saturated carbocycles. The van der Waals surface area contributed by atoms with E-state index in [0.717, 1.165) is 13.0 Å². The summed E-state index contributed by atoms with van der Waals surface area (Å²) in [6.45, 7) is 1.81. The third-order valence-corrected chi connectivity index (χ3v) is 4.14. The largest absolute Gasteiger partial charge is 0.481 e. The molecule has 0 aliphatic carbocycles. The van der Waals surface area contributed by atoms with E-state index in [1.165, 1.54) is 16.7 Å². The highest BCUT2D eigenvalue weighted by molar-refractivity contribution is 6.30. The van der Waals surface area contributed by atoms with Gasteiger partial charge in [-0.2, -0.15) is 0 Å². The van der Waals surface area contributed by atoms with Crippen molar-refractivity contribution in [2.75, 3.05) is 13.1 Å².